The van der Waals surface area contributed by atoms with Crippen LogP contribution in [0.5, 0.6) is 0 Å². The zero-order chi connectivity index (χ0) is 28.4. The smallest absolute Gasteiger partial charge is 0.305 e. The lowest BCUT2D eigenvalue weighted by Gasteiger charge is -2.66. The van der Waals surface area contributed by atoms with Crippen LogP contribution in [-0.4, -0.2) is 47.4 Å². The molecule has 1 N–H and O–H groups in total. The molecule has 4 aliphatic carbocycles. The molecule has 38 heavy (non-hydrogen) atoms. The summed E-state index contributed by atoms with van der Waals surface area (Å²) < 4.78 is 4.62. The van der Waals surface area contributed by atoms with E-state index in [-0.39, 0.29) is 71.0 Å². The number of fused-ring (bicyclic) bond motifs is 3. The van der Waals surface area contributed by atoms with Gasteiger partial charge in [-0.1, -0.05) is 33.3 Å². The second-order valence-electron chi connectivity index (χ2n) is 13.6. The van der Waals surface area contributed by atoms with Crippen molar-refractivity contribution < 1.29 is 33.8 Å². The van der Waals surface area contributed by atoms with Crippen LogP contribution in [0.3, 0.4) is 0 Å². The Labute approximate surface area is 226 Å². The van der Waals surface area contributed by atoms with Crippen molar-refractivity contribution in [2.75, 3.05) is 7.11 Å². The van der Waals surface area contributed by atoms with Gasteiger partial charge >= 0.3 is 5.97 Å². The molecule has 0 aromatic rings. The van der Waals surface area contributed by atoms with Crippen LogP contribution in [-0.2, 0) is 28.7 Å². The van der Waals surface area contributed by atoms with E-state index in [9.17, 15) is 29.1 Å². The van der Waals surface area contributed by atoms with E-state index in [1.165, 1.54) is 14.0 Å². The second-order valence-corrected chi connectivity index (χ2v) is 13.6. The molecule has 3 fully saturated rings. The average molecular weight is 529 g/mol. The van der Waals surface area contributed by atoms with Gasteiger partial charge in [0.05, 0.1) is 25.2 Å². The zero-order valence-corrected chi connectivity index (χ0v) is 24.0. The third-order valence-electron chi connectivity index (χ3n) is 11.3. The maximum Gasteiger partial charge on any atom is 0.305 e. The Bertz CT molecular complexity index is 1100. The minimum absolute atomic E-state index is 0.0159. The van der Waals surface area contributed by atoms with E-state index < -0.39 is 29.3 Å². The van der Waals surface area contributed by atoms with E-state index in [0.29, 0.717) is 18.4 Å². The number of hydrogen-bond donors (Lipinski definition) is 1. The van der Waals surface area contributed by atoms with Crippen LogP contribution < -0.4 is 0 Å². The van der Waals surface area contributed by atoms with Crippen LogP contribution in [0, 0.1) is 45.8 Å². The molecule has 0 spiro atoms. The van der Waals surface area contributed by atoms with E-state index in [2.05, 4.69) is 18.6 Å². The lowest BCUT2D eigenvalue weighted by molar-refractivity contribution is -0.191. The number of rotatable bonds is 6. The number of methoxy groups -OCH3 is 1. The summed E-state index contributed by atoms with van der Waals surface area (Å²) in [5.41, 5.74) is -0.381. The molecule has 0 aliphatic heterocycles. The van der Waals surface area contributed by atoms with E-state index in [1.807, 2.05) is 20.8 Å². The van der Waals surface area contributed by atoms with Gasteiger partial charge in [-0.15, -0.1) is 0 Å². The highest BCUT2D eigenvalue weighted by Crippen LogP contribution is 2.70. The molecule has 0 heterocycles. The summed E-state index contributed by atoms with van der Waals surface area (Å²) in [6, 6.07) is 0. The summed E-state index contributed by atoms with van der Waals surface area (Å²) in [5.74, 6) is -2.40. The second kappa shape index (κ2) is 9.79. The van der Waals surface area contributed by atoms with Crippen molar-refractivity contribution in [3.05, 3.63) is 11.1 Å². The lowest BCUT2D eigenvalue weighted by Crippen LogP contribution is -2.66. The summed E-state index contributed by atoms with van der Waals surface area (Å²) >= 11 is 0. The van der Waals surface area contributed by atoms with Gasteiger partial charge in [-0.2, -0.15) is 0 Å². The molecular weight excluding hydrogens is 484 g/mol. The molecule has 0 aromatic heterocycles. The molecule has 6 unspecified atom stereocenters. The Kier molecular flexibility index (Phi) is 7.44. The summed E-state index contributed by atoms with van der Waals surface area (Å²) in [6.07, 6.45) is 2.96. The summed E-state index contributed by atoms with van der Waals surface area (Å²) in [7, 11) is 1.29. The fraction of sp³-hybridized carbons (Fsp3) is 0.774. The highest BCUT2D eigenvalue weighted by Gasteiger charge is 2.69. The molecule has 0 amide bonds. The molecule has 0 saturated heterocycles. The first-order chi connectivity index (χ1) is 17.6. The quantitative estimate of drug-likeness (QED) is 0.401. The molecule has 0 aromatic carbocycles. The maximum absolute atomic E-state index is 14.3. The molecule has 9 atom stereocenters. The molecule has 7 nitrogen and oxygen atoms in total. The van der Waals surface area contributed by atoms with Crippen molar-refractivity contribution in [1.29, 1.82) is 0 Å². The third kappa shape index (κ3) is 4.24. The Morgan fingerprint density at radius 2 is 1.74 bits per heavy atom. The van der Waals surface area contributed by atoms with Crippen LogP contribution in [0.4, 0.5) is 0 Å². The van der Waals surface area contributed by atoms with Gasteiger partial charge in [0.1, 0.15) is 11.6 Å². The number of carbonyl (C=O) groups excluding carboxylic acids is 5. The van der Waals surface area contributed by atoms with Gasteiger partial charge < -0.3 is 9.84 Å². The molecule has 4 rings (SSSR count). The minimum atomic E-state index is -0.918. The van der Waals surface area contributed by atoms with Gasteiger partial charge in [0, 0.05) is 30.1 Å². The number of aliphatic hydroxyl groups excluding tert-OH is 1. The van der Waals surface area contributed by atoms with Crippen molar-refractivity contribution in [3.8, 4) is 0 Å². The normalized spacial score (nSPS) is 42.6. The third-order valence-corrected chi connectivity index (χ3v) is 11.3. The highest BCUT2D eigenvalue weighted by molar-refractivity contribution is 6.22. The van der Waals surface area contributed by atoms with E-state index in [0.717, 1.165) is 24.8 Å². The fourth-order valence-corrected chi connectivity index (χ4v) is 9.52. The maximum atomic E-state index is 14.3. The van der Waals surface area contributed by atoms with Crippen molar-refractivity contribution in [1.82, 2.24) is 0 Å². The predicted molar refractivity (Wildman–Crippen MR) is 141 cm³/mol. The SMILES string of the molecule is COC(=O)CCC(=O)CC1CCC2C[C@@]3(C)C[C@@]4(C)CC(C)=C(C(C)=O)C(=O)[C@@]4(C)C(C)C3C(=O)C2C1O. The molecule has 3 saturated carbocycles. The summed E-state index contributed by atoms with van der Waals surface area (Å²) in [6.45, 7) is 11.6. The highest BCUT2D eigenvalue weighted by atomic mass is 16.5. The van der Waals surface area contributed by atoms with Gasteiger partial charge in [0.2, 0.25) is 0 Å². The standard InChI is InChI=1S/C31H44O7/c1-16-13-30(5)15-29(4)14-20-9-8-19(12-21(33)10-11-22(34)38-7)26(35)24(20)27(36)25(29)17(2)31(30,6)28(37)23(16)18(3)32/h17,19-20,24-26,35H,8-15H2,1-7H3/t17?,19?,20?,24?,25?,26?,29-,30+,31+/m0/s1. The lowest BCUT2D eigenvalue weighted by atomic mass is 9.36. The largest absolute Gasteiger partial charge is 0.469 e. The predicted octanol–water partition coefficient (Wildman–Crippen LogP) is 4.43. The Morgan fingerprint density at radius 3 is 2.34 bits per heavy atom. The fourth-order valence-electron chi connectivity index (χ4n) is 9.52. The first-order valence-corrected chi connectivity index (χ1v) is 14.2. The van der Waals surface area contributed by atoms with E-state index in [1.54, 1.807) is 0 Å². The number of aliphatic hydroxyl groups is 1. The van der Waals surface area contributed by atoms with Crippen molar-refractivity contribution in [3.63, 3.8) is 0 Å². The number of Topliss-reactive ketones (excluding diaryl/α,β-unsaturated/α-hetero) is 4. The monoisotopic (exact) mass is 528 g/mol. The van der Waals surface area contributed by atoms with Gasteiger partial charge in [-0.25, -0.2) is 0 Å². The first-order valence-electron chi connectivity index (χ1n) is 14.2. The van der Waals surface area contributed by atoms with Gasteiger partial charge in [0.15, 0.2) is 11.6 Å². The molecule has 0 bridgehead atoms. The first kappa shape index (κ1) is 28.8. The van der Waals surface area contributed by atoms with Crippen molar-refractivity contribution in [2.24, 2.45) is 45.8 Å². The zero-order valence-electron chi connectivity index (χ0n) is 24.0. The molecule has 7 heteroatoms. The summed E-state index contributed by atoms with van der Waals surface area (Å²) in [5, 5.41) is 11.4. The number of hydrogen-bond acceptors (Lipinski definition) is 7. The molecule has 210 valence electrons. The number of carbonyl (C=O) groups is 5. The number of allylic oxidation sites excluding steroid dienone is 2. The molecule has 0 radical (unpaired) electrons. The van der Waals surface area contributed by atoms with Crippen molar-refractivity contribution >= 4 is 29.1 Å². The van der Waals surface area contributed by atoms with E-state index in [4.69, 9.17) is 0 Å². The summed E-state index contributed by atoms with van der Waals surface area (Å²) in [4.78, 5) is 64.8. The Morgan fingerprint density at radius 1 is 1.08 bits per heavy atom. The topological polar surface area (TPSA) is 115 Å². The minimum Gasteiger partial charge on any atom is -0.469 e. The van der Waals surface area contributed by atoms with Gasteiger partial charge in [-0.3, -0.25) is 24.0 Å². The van der Waals surface area contributed by atoms with Gasteiger partial charge in [-0.05, 0) is 74.5 Å². The van der Waals surface area contributed by atoms with Gasteiger partial charge in [0.25, 0.3) is 0 Å². The molecule has 4 aliphatic rings. The number of ether oxygens (including phenoxy) is 1. The van der Waals surface area contributed by atoms with Crippen LogP contribution >= 0.6 is 0 Å². The van der Waals surface area contributed by atoms with Crippen LogP contribution in [0.15, 0.2) is 11.1 Å². The van der Waals surface area contributed by atoms with Crippen LogP contribution in [0.1, 0.15) is 92.9 Å². The van der Waals surface area contributed by atoms with Crippen LogP contribution in [0.25, 0.3) is 0 Å². The van der Waals surface area contributed by atoms with E-state index >= 15 is 0 Å². The Balaban J connectivity index is 1.62. The van der Waals surface area contributed by atoms with Crippen LogP contribution in [0.2, 0.25) is 0 Å². The average Bonchev–Trinajstić information content (AvgIpc) is 2.81. The number of ketones is 4. The molecular formula is C31H44O7. The van der Waals surface area contributed by atoms with Crippen molar-refractivity contribution in [2.45, 2.75) is 99.0 Å². The number of esters is 1. The Hall–Kier alpha value is -2.15.